The Morgan fingerprint density at radius 2 is 2.06 bits per heavy atom. The molecule has 4 heteroatoms. The van der Waals surface area contributed by atoms with Crippen molar-refractivity contribution >= 4 is 5.78 Å². The number of hydrogen-bond donors (Lipinski definition) is 0. The number of nitrogens with zero attached hydrogens (tertiary/aromatic N) is 1. The Labute approximate surface area is 104 Å². The lowest BCUT2D eigenvalue weighted by Crippen LogP contribution is -1.95. The van der Waals surface area contributed by atoms with E-state index in [1.54, 1.807) is 18.3 Å². The van der Waals surface area contributed by atoms with Crippen LogP contribution in [-0.2, 0) is 0 Å². The second-order valence-electron chi connectivity index (χ2n) is 3.86. The predicted molar refractivity (Wildman–Crippen MR) is 66.2 cm³/mol. The molecular weight excluding hydrogens is 233 g/mol. The van der Waals surface area contributed by atoms with Crippen molar-refractivity contribution in [1.29, 1.82) is 0 Å². The van der Waals surface area contributed by atoms with Crippen molar-refractivity contribution in [1.82, 2.24) is 4.98 Å². The van der Waals surface area contributed by atoms with Gasteiger partial charge in [-0.2, -0.15) is 0 Å². The molecule has 0 fully saturated rings. The highest BCUT2D eigenvalue weighted by molar-refractivity contribution is 5.95. The number of Topliss-reactive ketones (excluding diaryl/α,β-unsaturated/α-hetero) is 1. The fraction of sp³-hybridized carbons (Fsp3) is 0.143. The lowest BCUT2D eigenvalue weighted by Gasteiger charge is -2.09. The van der Waals surface area contributed by atoms with Crippen molar-refractivity contribution in [2.45, 2.75) is 6.92 Å². The third kappa shape index (κ3) is 2.37. The molecule has 0 amide bonds. The Bertz CT molecular complexity index is 596. The molecule has 0 spiro atoms. The molecule has 18 heavy (non-hydrogen) atoms. The van der Waals surface area contributed by atoms with Gasteiger partial charge in [-0.1, -0.05) is 0 Å². The lowest BCUT2D eigenvalue weighted by atomic mass is 10.0. The van der Waals surface area contributed by atoms with E-state index in [4.69, 9.17) is 4.74 Å². The molecule has 0 radical (unpaired) electrons. The molecule has 0 aliphatic rings. The van der Waals surface area contributed by atoms with Gasteiger partial charge in [-0.05, 0) is 31.2 Å². The maximum Gasteiger partial charge on any atom is 0.161 e. The molecule has 0 N–H and O–H groups in total. The number of carbonyl (C=O) groups is 1. The Morgan fingerprint density at radius 1 is 1.28 bits per heavy atom. The number of benzene rings is 1. The van der Waals surface area contributed by atoms with Crippen molar-refractivity contribution < 1.29 is 13.9 Å². The summed E-state index contributed by atoms with van der Waals surface area (Å²) in [5.41, 5.74) is 1.71. The summed E-state index contributed by atoms with van der Waals surface area (Å²) in [6, 6.07) is 5.90. The molecule has 1 heterocycles. The number of pyridine rings is 1. The first-order valence-corrected chi connectivity index (χ1v) is 5.41. The third-order valence-corrected chi connectivity index (χ3v) is 2.62. The average Bonchev–Trinajstić information content (AvgIpc) is 2.39. The summed E-state index contributed by atoms with van der Waals surface area (Å²) >= 11 is 0. The van der Waals surface area contributed by atoms with Crippen LogP contribution in [0.15, 0.2) is 36.7 Å². The van der Waals surface area contributed by atoms with Gasteiger partial charge in [-0.3, -0.25) is 9.78 Å². The monoisotopic (exact) mass is 245 g/mol. The number of ketones is 1. The molecule has 0 bridgehead atoms. The van der Waals surface area contributed by atoms with Gasteiger partial charge in [0.05, 0.1) is 7.11 Å². The number of ether oxygens (including phenoxy) is 1. The standard InChI is InChI=1S/C14H12FNO2/c1-9(17)10-5-11(8-16-7-10)13-6-12(15)3-4-14(13)18-2/h3-8H,1-2H3. The van der Waals surface area contributed by atoms with E-state index in [2.05, 4.69) is 4.98 Å². The first-order valence-electron chi connectivity index (χ1n) is 5.41. The summed E-state index contributed by atoms with van der Waals surface area (Å²) < 4.78 is 18.5. The van der Waals surface area contributed by atoms with Gasteiger partial charge in [0, 0.05) is 29.1 Å². The van der Waals surface area contributed by atoms with Crippen LogP contribution in [0.2, 0.25) is 0 Å². The maximum absolute atomic E-state index is 13.3. The second kappa shape index (κ2) is 4.96. The number of halogens is 1. The quantitative estimate of drug-likeness (QED) is 0.780. The van der Waals surface area contributed by atoms with Gasteiger partial charge in [0.15, 0.2) is 5.78 Å². The van der Waals surface area contributed by atoms with Crippen molar-refractivity contribution in [3.63, 3.8) is 0 Å². The van der Waals surface area contributed by atoms with Gasteiger partial charge in [0.1, 0.15) is 11.6 Å². The number of methoxy groups -OCH3 is 1. The van der Waals surface area contributed by atoms with Crippen LogP contribution in [-0.4, -0.2) is 17.9 Å². The molecule has 2 rings (SSSR count). The zero-order valence-corrected chi connectivity index (χ0v) is 10.1. The Balaban J connectivity index is 2.57. The van der Waals surface area contributed by atoms with Gasteiger partial charge >= 0.3 is 0 Å². The van der Waals surface area contributed by atoms with Crippen LogP contribution in [0, 0.1) is 5.82 Å². The zero-order chi connectivity index (χ0) is 13.1. The van der Waals surface area contributed by atoms with Crippen LogP contribution in [0.3, 0.4) is 0 Å². The lowest BCUT2D eigenvalue weighted by molar-refractivity contribution is 0.101. The first kappa shape index (κ1) is 12.2. The summed E-state index contributed by atoms with van der Waals surface area (Å²) in [6.45, 7) is 1.46. The molecule has 2 aromatic rings. The molecule has 3 nitrogen and oxygen atoms in total. The minimum Gasteiger partial charge on any atom is -0.496 e. The number of rotatable bonds is 3. The summed E-state index contributed by atoms with van der Waals surface area (Å²) in [7, 11) is 1.51. The Morgan fingerprint density at radius 3 is 2.72 bits per heavy atom. The van der Waals surface area contributed by atoms with E-state index in [9.17, 15) is 9.18 Å². The van der Waals surface area contributed by atoms with E-state index < -0.39 is 0 Å². The molecular formula is C14H12FNO2. The highest BCUT2D eigenvalue weighted by atomic mass is 19.1. The molecule has 0 saturated heterocycles. The minimum absolute atomic E-state index is 0.0836. The summed E-state index contributed by atoms with van der Waals surface area (Å²) in [6.07, 6.45) is 3.06. The van der Waals surface area contributed by atoms with Crippen molar-refractivity contribution in [3.05, 3.63) is 48.0 Å². The smallest absolute Gasteiger partial charge is 0.161 e. The van der Waals surface area contributed by atoms with Gasteiger partial charge in [-0.25, -0.2) is 4.39 Å². The minimum atomic E-state index is -0.362. The first-order chi connectivity index (χ1) is 8.61. The molecule has 0 aliphatic heterocycles. The molecule has 1 aromatic carbocycles. The maximum atomic E-state index is 13.3. The summed E-state index contributed by atoms with van der Waals surface area (Å²) in [4.78, 5) is 15.3. The molecule has 0 aliphatic carbocycles. The van der Waals surface area contributed by atoms with Gasteiger partial charge in [0.25, 0.3) is 0 Å². The van der Waals surface area contributed by atoms with Gasteiger partial charge in [0.2, 0.25) is 0 Å². The van der Waals surface area contributed by atoms with Crippen LogP contribution in [0.25, 0.3) is 11.1 Å². The highest BCUT2D eigenvalue weighted by Gasteiger charge is 2.09. The van der Waals surface area contributed by atoms with E-state index in [0.717, 1.165) is 0 Å². The van der Waals surface area contributed by atoms with E-state index in [1.807, 2.05) is 0 Å². The predicted octanol–water partition coefficient (Wildman–Crippen LogP) is 3.10. The van der Waals surface area contributed by atoms with Crippen LogP contribution < -0.4 is 4.74 Å². The normalized spacial score (nSPS) is 10.2. The topological polar surface area (TPSA) is 39.2 Å². The summed E-state index contributed by atoms with van der Waals surface area (Å²) in [5, 5.41) is 0. The van der Waals surface area contributed by atoms with E-state index >= 15 is 0 Å². The second-order valence-corrected chi connectivity index (χ2v) is 3.86. The van der Waals surface area contributed by atoms with Crippen LogP contribution in [0.1, 0.15) is 17.3 Å². The van der Waals surface area contributed by atoms with Gasteiger partial charge < -0.3 is 4.74 Å². The van der Waals surface area contributed by atoms with Gasteiger partial charge in [-0.15, -0.1) is 0 Å². The third-order valence-electron chi connectivity index (χ3n) is 2.62. The Kier molecular flexibility index (Phi) is 3.37. The van der Waals surface area contributed by atoms with E-state index in [0.29, 0.717) is 22.4 Å². The highest BCUT2D eigenvalue weighted by Crippen LogP contribution is 2.30. The van der Waals surface area contributed by atoms with Crippen LogP contribution in [0.4, 0.5) is 4.39 Å². The van der Waals surface area contributed by atoms with Crippen LogP contribution in [0.5, 0.6) is 5.75 Å². The molecule has 1 aromatic heterocycles. The molecule has 92 valence electrons. The number of aromatic nitrogens is 1. The number of carbonyl (C=O) groups excluding carboxylic acids is 1. The van der Waals surface area contributed by atoms with Crippen molar-refractivity contribution in [3.8, 4) is 16.9 Å². The fourth-order valence-corrected chi connectivity index (χ4v) is 1.69. The average molecular weight is 245 g/mol. The van der Waals surface area contributed by atoms with E-state index in [-0.39, 0.29) is 11.6 Å². The SMILES string of the molecule is COc1ccc(F)cc1-c1cncc(C(C)=O)c1. The number of hydrogen-bond acceptors (Lipinski definition) is 3. The molecule has 0 atom stereocenters. The van der Waals surface area contributed by atoms with E-state index in [1.165, 1.54) is 32.4 Å². The molecule has 0 saturated carbocycles. The Hall–Kier alpha value is -2.23. The van der Waals surface area contributed by atoms with Crippen molar-refractivity contribution in [2.24, 2.45) is 0 Å². The van der Waals surface area contributed by atoms with Crippen LogP contribution >= 0.6 is 0 Å². The molecule has 0 unspecified atom stereocenters. The zero-order valence-electron chi connectivity index (χ0n) is 10.1. The van der Waals surface area contributed by atoms with Crippen molar-refractivity contribution in [2.75, 3.05) is 7.11 Å². The summed E-state index contributed by atoms with van der Waals surface area (Å²) in [5.74, 6) is 0.0950. The largest absolute Gasteiger partial charge is 0.496 e. The fourth-order valence-electron chi connectivity index (χ4n) is 1.69.